The molecule has 0 aliphatic heterocycles. The first kappa shape index (κ1) is 22.5. The molecule has 0 saturated heterocycles. The van der Waals surface area contributed by atoms with Crippen molar-refractivity contribution in [2.45, 2.75) is 96.6 Å². The Bertz CT molecular complexity index is 456. The van der Waals surface area contributed by atoms with Crippen LogP contribution >= 0.6 is 11.6 Å². The number of hydrogen-bond donors (Lipinski definition) is 2. The van der Waals surface area contributed by atoms with E-state index >= 15 is 0 Å². The van der Waals surface area contributed by atoms with Gasteiger partial charge in [0.25, 0.3) is 0 Å². The van der Waals surface area contributed by atoms with Crippen molar-refractivity contribution in [1.82, 2.24) is 0 Å². The number of rotatable bonds is 13. The molecule has 0 spiro atoms. The Balaban J connectivity index is 2.60. The number of aliphatic hydroxyl groups is 1. The van der Waals surface area contributed by atoms with Gasteiger partial charge in [-0.3, -0.25) is 0 Å². The second-order valence-corrected chi connectivity index (χ2v) is 7.92. The molecular weight excluding hydrogens is 330 g/mol. The Morgan fingerprint density at radius 3 is 2.08 bits per heavy atom. The van der Waals surface area contributed by atoms with Crippen LogP contribution in [0.2, 0.25) is 5.02 Å². The maximum Gasteiger partial charge on any atom is 0.0790 e. The fourth-order valence-electron chi connectivity index (χ4n) is 3.75. The number of nitrogens with two attached hydrogens (primary N) is 1. The lowest BCUT2D eigenvalue weighted by Crippen LogP contribution is -2.46. The Morgan fingerprint density at radius 2 is 1.52 bits per heavy atom. The van der Waals surface area contributed by atoms with Gasteiger partial charge >= 0.3 is 0 Å². The molecule has 2 atom stereocenters. The zero-order valence-corrected chi connectivity index (χ0v) is 17.2. The quantitative estimate of drug-likeness (QED) is 0.383. The summed E-state index contributed by atoms with van der Waals surface area (Å²) in [5, 5.41) is 11.2. The average molecular weight is 368 g/mol. The molecule has 0 aliphatic rings. The number of hydrogen-bond acceptors (Lipinski definition) is 2. The van der Waals surface area contributed by atoms with Crippen molar-refractivity contribution in [1.29, 1.82) is 0 Å². The monoisotopic (exact) mass is 367 g/mol. The summed E-state index contributed by atoms with van der Waals surface area (Å²) in [4.78, 5) is 0. The van der Waals surface area contributed by atoms with Gasteiger partial charge in [-0.15, -0.1) is 0 Å². The summed E-state index contributed by atoms with van der Waals surface area (Å²) in [5.74, 6) is 0.478. The number of benzene rings is 1. The van der Waals surface area contributed by atoms with E-state index in [4.69, 9.17) is 17.3 Å². The van der Waals surface area contributed by atoms with Crippen molar-refractivity contribution in [3.05, 3.63) is 34.9 Å². The first-order valence-electron chi connectivity index (χ1n) is 10.2. The van der Waals surface area contributed by atoms with E-state index in [1.165, 1.54) is 38.5 Å². The lowest BCUT2D eigenvalue weighted by atomic mass is 9.74. The molecule has 1 aromatic carbocycles. The molecule has 0 fully saturated rings. The molecule has 0 aliphatic carbocycles. The summed E-state index contributed by atoms with van der Waals surface area (Å²) in [5.41, 5.74) is 7.57. The number of aliphatic hydroxyl groups excluding tert-OH is 1. The molecule has 0 radical (unpaired) electrons. The van der Waals surface area contributed by atoms with Crippen molar-refractivity contribution in [2.24, 2.45) is 11.7 Å². The molecular formula is C22H38ClNO. The van der Waals surface area contributed by atoms with Gasteiger partial charge in [-0.2, -0.15) is 0 Å². The summed E-state index contributed by atoms with van der Waals surface area (Å²) >= 11 is 5.94. The summed E-state index contributed by atoms with van der Waals surface area (Å²) < 4.78 is 0. The van der Waals surface area contributed by atoms with E-state index in [2.05, 4.69) is 20.8 Å². The van der Waals surface area contributed by atoms with Gasteiger partial charge in [-0.1, -0.05) is 76.6 Å². The van der Waals surface area contributed by atoms with Crippen molar-refractivity contribution in [3.8, 4) is 0 Å². The molecule has 25 heavy (non-hydrogen) atoms. The molecule has 2 unspecified atom stereocenters. The summed E-state index contributed by atoms with van der Waals surface area (Å²) in [7, 11) is 0. The van der Waals surface area contributed by atoms with Crippen molar-refractivity contribution >= 4 is 11.6 Å². The molecule has 0 saturated carbocycles. The van der Waals surface area contributed by atoms with Gasteiger partial charge in [0.15, 0.2) is 0 Å². The molecule has 3 N–H and O–H groups in total. The minimum atomic E-state index is -0.433. The molecule has 0 heterocycles. The van der Waals surface area contributed by atoms with E-state index in [9.17, 15) is 5.11 Å². The van der Waals surface area contributed by atoms with E-state index in [0.717, 1.165) is 31.2 Å². The van der Waals surface area contributed by atoms with E-state index in [1.807, 2.05) is 24.3 Å². The lowest BCUT2D eigenvalue weighted by molar-refractivity contribution is 0.135. The van der Waals surface area contributed by atoms with Crippen molar-refractivity contribution in [3.63, 3.8) is 0 Å². The van der Waals surface area contributed by atoms with Gasteiger partial charge < -0.3 is 10.8 Å². The third kappa shape index (κ3) is 7.68. The molecule has 1 aromatic rings. The van der Waals surface area contributed by atoms with Crippen LogP contribution in [0.3, 0.4) is 0 Å². The normalized spacial score (nSPS) is 14.5. The minimum absolute atomic E-state index is 0.107. The van der Waals surface area contributed by atoms with E-state index < -0.39 is 6.10 Å². The fourth-order valence-corrected chi connectivity index (χ4v) is 3.88. The van der Waals surface area contributed by atoms with Gasteiger partial charge in [0.05, 0.1) is 6.10 Å². The predicted molar refractivity (Wildman–Crippen MR) is 110 cm³/mol. The average Bonchev–Trinajstić information content (AvgIpc) is 2.63. The minimum Gasteiger partial charge on any atom is -0.388 e. The second kappa shape index (κ2) is 11.9. The third-order valence-corrected chi connectivity index (χ3v) is 6.08. The molecule has 1 rings (SSSR count). The number of unbranched alkanes of at least 4 members (excludes halogenated alkanes) is 4. The van der Waals surface area contributed by atoms with Gasteiger partial charge in [-0.25, -0.2) is 0 Å². The van der Waals surface area contributed by atoms with E-state index in [-0.39, 0.29) is 5.54 Å². The van der Waals surface area contributed by atoms with Gasteiger partial charge in [0.1, 0.15) is 0 Å². The van der Waals surface area contributed by atoms with Crippen LogP contribution in [0.25, 0.3) is 0 Å². The van der Waals surface area contributed by atoms with Crippen LogP contribution in [0.5, 0.6) is 0 Å². The zero-order valence-electron chi connectivity index (χ0n) is 16.4. The summed E-state index contributed by atoms with van der Waals surface area (Å²) in [6, 6.07) is 7.53. The van der Waals surface area contributed by atoms with Crippen LogP contribution in [0, 0.1) is 5.92 Å². The highest BCUT2D eigenvalue weighted by molar-refractivity contribution is 6.30. The largest absolute Gasteiger partial charge is 0.388 e. The molecule has 0 aromatic heterocycles. The second-order valence-electron chi connectivity index (χ2n) is 7.48. The van der Waals surface area contributed by atoms with Gasteiger partial charge in [0.2, 0.25) is 0 Å². The third-order valence-electron chi connectivity index (χ3n) is 5.83. The lowest BCUT2D eigenvalue weighted by Gasteiger charge is -2.37. The molecule has 3 heteroatoms. The van der Waals surface area contributed by atoms with Crippen LogP contribution in [-0.4, -0.2) is 10.6 Å². The van der Waals surface area contributed by atoms with Crippen molar-refractivity contribution in [2.75, 3.05) is 0 Å². The van der Waals surface area contributed by atoms with Crippen LogP contribution in [0.4, 0.5) is 0 Å². The van der Waals surface area contributed by atoms with Gasteiger partial charge in [-0.05, 0) is 55.7 Å². The maximum absolute atomic E-state index is 10.5. The van der Waals surface area contributed by atoms with Crippen LogP contribution in [0.15, 0.2) is 24.3 Å². The first-order chi connectivity index (χ1) is 12.0. The molecule has 0 amide bonds. The van der Waals surface area contributed by atoms with Gasteiger partial charge in [0, 0.05) is 10.6 Å². The molecule has 0 bridgehead atoms. The Labute approximate surface area is 160 Å². The Kier molecular flexibility index (Phi) is 10.7. The fraction of sp³-hybridized carbons (Fsp3) is 0.727. The highest BCUT2D eigenvalue weighted by atomic mass is 35.5. The van der Waals surface area contributed by atoms with Crippen LogP contribution < -0.4 is 5.73 Å². The predicted octanol–water partition coefficient (Wildman–Crippen LogP) is 6.65. The molecule has 144 valence electrons. The first-order valence-corrected chi connectivity index (χ1v) is 10.6. The Morgan fingerprint density at radius 1 is 0.920 bits per heavy atom. The Hall–Kier alpha value is -0.570. The zero-order chi connectivity index (χ0) is 18.7. The molecule has 2 nitrogen and oxygen atoms in total. The smallest absolute Gasteiger partial charge is 0.0790 e. The SMILES string of the molecule is CCCCCCCC(CCC(O)c1ccc(Cl)cc1)C(N)(CC)CC. The maximum atomic E-state index is 10.5. The van der Waals surface area contributed by atoms with Crippen molar-refractivity contribution < 1.29 is 5.11 Å². The standard InChI is InChI=1S/C22H38ClNO/c1-4-7-8-9-10-11-19(22(24,5-2)6-3)14-17-21(25)18-12-15-20(23)16-13-18/h12-13,15-16,19,21,25H,4-11,14,17,24H2,1-3H3. The highest BCUT2D eigenvalue weighted by Crippen LogP contribution is 2.33. The van der Waals surface area contributed by atoms with E-state index in [1.54, 1.807) is 0 Å². The number of halogens is 1. The summed E-state index contributed by atoms with van der Waals surface area (Å²) in [6.07, 6.45) is 11.0. The summed E-state index contributed by atoms with van der Waals surface area (Å²) in [6.45, 7) is 6.65. The topological polar surface area (TPSA) is 46.2 Å². The van der Waals surface area contributed by atoms with Crippen LogP contribution in [-0.2, 0) is 0 Å². The highest BCUT2D eigenvalue weighted by Gasteiger charge is 2.31. The van der Waals surface area contributed by atoms with Crippen LogP contribution in [0.1, 0.15) is 96.6 Å². The van der Waals surface area contributed by atoms with E-state index in [0.29, 0.717) is 10.9 Å².